The second kappa shape index (κ2) is 7.06. The maximum absolute atomic E-state index is 13.3. The first-order valence-electron chi connectivity index (χ1n) is 7.92. The smallest absolute Gasteiger partial charge is 0.260 e. The lowest BCUT2D eigenvalue weighted by molar-refractivity contribution is 0.508. The van der Waals surface area contributed by atoms with Crippen molar-refractivity contribution in [2.75, 3.05) is 0 Å². The quantitative estimate of drug-likeness (QED) is 0.481. The Kier molecular flexibility index (Phi) is 4.59. The minimum atomic E-state index is -0.976. The van der Waals surface area contributed by atoms with Gasteiger partial charge in [0.15, 0.2) is 17.5 Å². The third kappa shape index (κ3) is 3.41. The lowest BCUT2D eigenvalue weighted by Crippen LogP contribution is -2.10. The molecule has 0 bridgehead atoms. The van der Waals surface area contributed by atoms with Crippen LogP contribution in [0.15, 0.2) is 58.7 Å². The largest absolute Gasteiger partial charge is 0.305 e. The Bertz CT molecular complexity index is 1230. The van der Waals surface area contributed by atoms with Crippen molar-refractivity contribution in [1.29, 1.82) is 0 Å². The van der Waals surface area contributed by atoms with Crippen LogP contribution in [0, 0.1) is 11.6 Å². The van der Waals surface area contributed by atoms with Gasteiger partial charge in [-0.3, -0.25) is 4.79 Å². The molecule has 134 valence electrons. The van der Waals surface area contributed by atoms with Gasteiger partial charge in [0.2, 0.25) is 0 Å². The van der Waals surface area contributed by atoms with Gasteiger partial charge in [0.1, 0.15) is 4.83 Å². The second-order valence-electron chi connectivity index (χ2n) is 5.78. The second-order valence-corrected chi connectivity index (χ2v) is 7.04. The van der Waals surface area contributed by atoms with Crippen LogP contribution in [0.3, 0.4) is 0 Å². The van der Waals surface area contributed by atoms with Crippen LogP contribution in [0.25, 0.3) is 32.5 Å². The molecule has 2 heterocycles. The highest BCUT2D eigenvalue weighted by Crippen LogP contribution is 2.31. The van der Waals surface area contributed by atoms with Crippen molar-refractivity contribution in [3.05, 3.63) is 87.3 Å². The van der Waals surface area contributed by atoms with Gasteiger partial charge in [-0.15, -0.1) is 11.3 Å². The topological polar surface area (TPSA) is 45.8 Å². The summed E-state index contributed by atoms with van der Waals surface area (Å²) >= 11 is 7.58. The van der Waals surface area contributed by atoms with Gasteiger partial charge in [-0.25, -0.2) is 13.8 Å². The van der Waals surface area contributed by atoms with Crippen LogP contribution < -0.4 is 5.56 Å². The third-order valence-electron chi connectivity index (χ3n) is 3.99. The van der Waals surface area contributed by atoms with Crippen LogP contribution in [-0.4, -0.2) is 9.97 Å². The van der Waals surface area contributed by atoms with E-state index in [1.165, 1.54) is 23.5 Å². The van der Waals surface area contributed by atoms with Gasteiger partial charge in [-0.05, 0) is 29.3 Å². The van der Waals surface area contributed by atoms with Gasteiger partial charge < -0.3 is 4.98 Å². The molecule has 0 aliphatic carbocycles. The lowest BCUT2D eigenvalue weighted by Gasteiger charge is -2.02. The molecule has 0 aliphatic rings. The first kappa shape index (κ1) is 17.6. The number of thiophene rings is 1. The first-order chi connectivity index (χ1) is 13.0. The molecule has 0 amide bonds. The SMILES string of the molecule is O=c1[nH]c(/C(Cl)=C/c2ccc(F)c(F)c2)nc2scc(-c3ccccc3)c12. The zero-order chi connectivity index (χ0) is 19.0. The number of fused-ring (bicyclic) bond motifs is 1. The van der Waals surface area contributed by atoms with E-state index in [0.717, 1.165) is 23.3 Å². The molecule has 0 aliphatic heterocycles. The fourth-order valence-electron chi connectivity index (χ4n) is 2.71. The maximum atomic E-state index is 13.3. The Morgan fingerprint density at radius 3 is 2.63 bits per heavy atom. The summed E-state index contributed by atoms with van der Waals surface area (Å²) in [7, 11) is 0. The molecular weight excluding hydrogens is 390 g/mol. The number of hydrogen-bond donors (Lipinski definition) is 1. The van der Waals surface area contributed by atoms with E-state index in [-0.39, 0.29) is 16.4 Å². The summed E-state index contributed by atoms with van der Waals surface area (Å²) in [6.07, 6.45) is 1.42. The Morgan fingerprint density at radius 2 is 1.89 bits per heavy atom. The van der Waals surface area contributed by atoms with Crippen molar-refractivity contribution < 1.29 is 8.78 Å². The summed E-state index contributed by atoms with van der Waals surface area (Å²) in [5.41, 5.74) is 1.77. The molecule has 0 unspecified atom stereocenters. The zero-order valence-electron chi connectivity index (χ0n) is 13.7. The number of halogens is 3. The fraction of sp³-hybridized carbons (Fsp3) is 0. The minimum Gasteiger partial charge on any atom is -0.305 e. The van der Waals surface area contributed by atoms with Gasteiger partial charge in [0, 0.05) is 10.9 Å². The summed E-state index contributed by atoms with van der Waals surface area (Å²) in [4.78, 5) is 20.2. The van der Waals surface area contributed by atoms with Crippen molar-refractivity contribution in [2.24, 2.45) is 0 Å². The Hall–Kier alpha value is -2.83. The number of nitrogens with one attached hydrogen (secondary N) is 1. The van der Waals surface area contributed by atoms with Crippen LogP contribution in [0.2, 0.25) is 0 Å². The monoisotopic (exact) mass is 400 g/mol. The molecule has 27 heavy (non-hydrogen) atoms. The minimum absolute atomic E-state index is 0.120. The van der Waals surface area contributed by atoms with E-state index in [1.807, 2.05) is 35.7 Å². The molecule has 2 aromatic heterocycles. The molecule has 0 fully saturated rings. The molecule has 2 aromatic carbocycles. The molecule has 3 nitrogen and oxygen atoms in total. The van der Waals surface area contributed by atoms with Crippen LogP contribution in [-0.2, 0) is 0 Å². The molecule has 7 heteroatoms. The Labute approximate surface area is 161 Å². The third-order valence-corrected chi connectivity index (χ3v) is 5.15. The molecule has 4 aromatic rings. The van der Waals surface area contributed by atoms with Gasteiger partial charge in [-0.2, -0.15) is 0 Å². The molecular formula is C20H11ClF2N2OS. The van der Waals surface area contributed by atoms with E-state index in [2.05, 4.69) is 9.97 Å². The fourth-order valence-corrected chi connectivity index (χ4v) is 3.87. The summed E-state index contributed by atoms with van der Waals surface area (Å²) in [6, 6.07) is 13.0. The Balaban J connectivity index is 1.79. The summed E-state index contributed by atoms with van der Waals surface area (Å²) < 4.78 is 26.4. The van der Waals surface area contributed by atoms with Crippen molar-refractivity contribution in [3.63, 3.8) is 0 Å². The van der Waals surface area contributed by atoms with Crippen LogP contribution in [0.1, 0.15) is 11.4 Å². The molecule has 0 spiro atoms. The summed E-state index contributed by atoms with van der Waals surface area (Å²) in [5.74, 6) is -1.75. The van der Waals surface area contributed by atoms with Crippen LogP contribution in [0.4, 0.5) is 8.78 Å². The highest BCUT2D eigenvalue weighted by atomic mass is 35.5. The first-order valence-corrected chi connectivity index (χ1v) is 9.18. The van der Waals surface area contributed by atoms with Gasteiger partial charge in [-0.1, -0.05) is 48.0 Å². The predicted molar refractivity (Wildman–Crippen MR) is 106 cm³/mol. The molecule has 4 rings (SSSR count). The van der Waals surface area contributed by atoms with E-state index in [1.54, 1.807) is 0 Å². The predicted octanol–water partition coefficient (Wildman–Crippen LogP) is 5.67. The maximum Gasteiger partial charge on any atom is 0.260 e. The van der Waals surface area contributed by atoms with E-state index in [4.69, 9.17) is 11.6 Å². The van der Waals surface area contributed by atoms with E-state index in [9.17, 15) is 13.6 Å². The van der Waals surface area contributed by atoms with Crippen molar-refractivity contribution in [1.82, 2.24) is 9.97 Å². The highest BCUT2D eigenvalue weighted by Gasteiger charge is 2.14. The van der Waals surface area contributed by atoms with Crippen LogP contribution in [0.5, 0.6) is 0 Å². The Morgan fingerprint density at radius 1 is 1.11 bits per heavy atom. The van der Waals surface area contributed by atoms with Crippen molar-refractivity contribution in [3.8, 4) is 11.1 Å². The number of aromatic amines is 1. The normalized spacial score (nSPS) is 11.9. The standard InChI is InChI=1S/C20H11ClF2N2OS/c21-14(8-11-6-7-15(22)16(23)9-11)18-24-19(26)17-13(10-27-20(17)25-18)12-4-2-1-3-5-12/h1-10H,(H,24,25,26)/b14-8-. The number of rotatable bonds is 3. The lowest BCUT2D eigenvalue weighted by atomic mass is 10.1. The molecule has 0 saturated heterocycles. The number of hydrogen-bond acceptors (Lipinski definition) is 3. The van der Waals surface area contributed by atoms with E-state index < -0.39 is 11.6 Å². The van der Waals surface area contributed by atoms with Gasteiger partial charge in [0.25, 0.3) is 5.56 Å². The molecule has 0 radical (unpaired) electrons. The van der Waals surface area contributed by atoms with Gasteiger partial charge in [0.05, 0.1) is 10.4 Å². The highest BCUT2D eigenvalue weighted by molar-refractivity contribution is 7.17. The number of H-pyrrole nitrogens is 1. The molecule has 1 N–H and O–H groups in total. The summed E-state index contributed by atoms with van der Waals surface area (Å²) in [5, 5.41) is 2.49. The molecule has 0 atom stereocenters. The van der Waals surface area contributed by atoms with Crippen molar-refractivity contribution in [2.45, 2.75) is 0 Å². The van der Waals surface area contributed by atoms with Crippen LogP contribution >= 0.6 is 22.9 Å². The molecule has 0 saturated carbocycles. The van der Waals surface area contributed by atoms with E-state index in [0.29, 0.717) is 15.8 Å². The number of nitrogens with zero attached hydrogens (tertiary/aromatic N) is 1. The van der Waals surface area contributed by atoms with Crippen molar-refractivity contribution >= 4 is 44.3 Å². The average molecular weight is 401 g/mol. The number of benzene rings is 2. The van der Waals surface area contributed by atoms with E-state index >= 15 is 0 Å². The van der Waals surface area contributed by atoms with Gasteiger partial charge >= 0.3 is 0 Å². The summed E-state index contributed by atoms with van der Waals surface area (Å²) in [6.45, 7) is 0. The zero-order valence-corrected chi connectivity index (χ0v) is 15.2. The average Bonchev–Trinajstić information content (AvgIpc) is 3.10. The number of aromatic nitrogens is 2.